The Morgan fingerprint density at radius 3 is 2.11 bits per heavy atom. The fraction of sp³-hybridized carbons (Fsp3) is 0.364. The number of nitrogens with zero attached hydrogens (tertiary/aromatic N) is 2. The molecule has 2 heterocycles. The maximum Gasteiger partial charge on any atom is 0.242 e. The molecule has 0 bridgehead atoms. The van der Waals surface area contributed by atoms with Gasteiger partial charge in [-0.25, -0.2) is 0 Å². The van der Waals surface area contributed by atoms with Gasteiger partial charge in [-0.15, -0.1) is 0 Å². The average Bonchev–Trinajstić information content (AvgIpc) is 2.72. The second-order valence-electron chi connectivity index (χ2n) is 7.33. The number of hydrogen-bond donors (Lipinski definition) is 1. The summed E-state index contributed by atoms with van der Waals surface area (Å²) < 4.78 is 1.99. The fourth-order valence-corrected chi connectivity index (χ4v) is 4.16. The van der Waals surface area contributed by atoms with Crippen molar-refractivity contribution in [1.29, 1.82) is 0 Å². The Bertz CT molecular complexity index is 973. The second kappa shape index (κ2) is 7.53. The average molecular weight is 363 g/mol. The first-order chi connectivity index (χ1) is 13.2. The molecule has 0 saturated carbocycles. The van der Waals surface area contributed by atoms with E-state index in [1.807, 2.05) is 65.0 Å². The monoisotopic (exact) mass is 363 g/mol. The summed E-state index contributed by atoms with van der Waals surface area (Å²) in [5.41, 5.74) is 1.66. The Morgan fingerprint density at radius 2 is 1.56 bits per heavy atom. The highest BCUT2D eigenvalue weighted by Gasteiger charge is 2.23. The van der Waals surface area contributed by atoms with Crippen molar-refractivity contribution in [3.63, 3.8) is 0 Å². The van der Waals surface area contributed by atoms with Gasteiger partial charge in [0.1, 0.15) is 6.54 Å². The first-order valence-electron chi connectivity index (χ1n) is 9.61. The van der Waals surface area contributed by atoms with Crippen LogP contribution in [0.3, 0.4) is 0 Å². The lowest BCUT2D eigenvalue weighted by Crippen LogP contribution is -2.42. The van der Waals surface area contributed by atoms with Crippen LogP contribution >= 0.6 is 0 Å². The lowest BCUT2D eigenvalue weighted by Gasteiger charge is -2.32. The molecule has 5 heteroatoms. The highest BCUT2D eigenvalue weighted by atomic mass is 16.2. The summed E-state index contributed by atoms with van der Waals surface area (Å²) in [4.78, 5) is 27.8. The molecule has 140 valence electrons. The van der Waals surface area contributed by atoms with Crippen molar-refractivity contribution in [1.82, 2.24) is 14.8 Å². The molecule has 1 fully saturated rings. The molecule has 1 saturated heterocycles. The smallest absolute Gasteiger partial charge is 0.242 e. The van der Waals surface area contributed by atoms with E-state index in [9.17, 15) is 9.59 Å². The van der Waals surface area contributed by atoms with E-state index in [1.54, 1.807) is 0 Å². The van der Waals surface area contributed by atoms with Crippen LogP contribution in [0.5, 0.6) is 0 Å². The van der Waals surface area contributed by atoms with E-state index in [1.165, 1.54) is 0 Å². The number of fused-ring (bicyclic) bond motifs is 2. The number of aromatic nitrogens is 1. The van der Waals surface area contributed by atoms with Crippen molar-refractivity contribution in [2.75, 3.05) is 26.7 Å². The number of likely N-dealkylation sites (tertiary alicyclic amines) is 1. The minimum Gasteiger partial charge on any atom is -0.341 e. The molecule has 1 amide bonds. The van der Waals surface area contributed by atoms with Gasteiger partial charge in [0.2, 0.25) is 5.91 Å². The van der Waals surface area contributed by atoms with E-state index in [2.05, 4.69) is 5.32 Å². The van der Waals surface area contributed by atoms with Gasteiger partial charge < -0.3 is 14.8 Å². The molecule has 4 rings (SSSR count). The van der Waals surface area contributed by atoms with Crippen LogP contribution in [-0.2, 0) is 11.3 Å². The molecule has 0 aliphatic carbocycles. The van der Waals surface area contributed by atoms with Gasteiger partial charge in [0.25, 0.3) is 0 Å². The molecule has 1 N–H and O–H groups in total. The van der Waals surface area contributed by atoms with Gasteiger partial charge in [-0.3, -0.25) is 9.59 Å². The van der Waals surface area contributed by atoms with Crippen molar-refractivity contribution in [3.05, 3.63) is 58.8 Å². The zero-order chi connectivity index (χ0) is 18.8. The normalized spacial score (nSPS) is 15.5. The van der Waals surface area contributed by atoms with E-state index in [-0.39, 0.29) is 17.9 Å². The molecule has 2 aromatic carbocycles. The van der Waals surface area contributed by atoms with Crippen LogP contribution < -0.4 is 10.7 Å². The van der Waals surface area contributed by atoms with Gasteiger partial charge in [-0.2, -0.15) is 0 Å². The van der Waals surface area contributed by atoms with E-state index in [0.29, 0.717) is 16.7 Å². The third-order valence-corrected chi connectivity index (χ3v) is 5.63. The number of carbonyl (C=O) groups excluding carboxylic acids is 1. The summed E-state index contributed by atoms with van der Waals surface area (Å²) in [6.45, 7) is 2.89. The van der Waals surface area contributed by atoms with Crippen LogP contribution in [0.4, 0.5) is 0 Å². The molecule has 0 spiro atoms. The van der Waals surface area contributed by atoms with E-state index < -0.39 is 0 Å². The summed E-state index contributed by atoms with van der Waals surface area (Å²) in [5, 5.41) is 4.56. The van der Waals surface area contributed by atoms with Gasteiger partial charge in [0.05, 0.1) is 11.0 Å². The molecule has 5 nitrogen and oxygen atoms in total. The molecule has 0 atom stereocenters. The number of pyridine rings is 1. The van der Waals surface area contributed by atoms with Crippen LogP contribution in [0.2, 0.25) is 0 Å². The first-order valence-corrected chi connectivity index (χ1v) is 9.61. The zero-order valence-corrected chi connectivity index (χ0v) is 15.6. The molecule has 0 unspecified atom stereocenters. The summed E-state index contributed by atoms with van der Waals surface area (Å²) in [7, 11) is 1.98. The summed E-state index contributed by atoms with van der Waals surface area (Å²) in [6.07, 6.45) is 2.08. The lowest BCUT2D eigenvalue weighted by atomic mass is 9.97. The largest absolute Gasteiger partial charge is 0.341 e. The number of nitrogens with one attached hydrogen (secondary N) is 1. The standard InChI is InChI=1S/C22H25N3O2/c1-23-14-16-10-12-24(13-11-16)21(26)15-25-19-8-4-2-6-17(19)22(27)18-7-3-5-9-20(18)25/h2-9,16,23H,10-15H2,1H3. The van der Waals surface area contributed by atoms with Crippen molar-refractivity contribution >= 4 is 27.7 Å². The topological polar surface area (TPSA) is 54.3 Å². The van der Waals surface area contributed by atoms with Gasteiger partial charge in [-0.1, -0.05) is 24.3 Å². The number of piperidine rings is 1. The van der Waals surface area contributed by atoms with Crippen LogP contribution in [0, 0.1) is 5.92 Å². The Labute approximate surface area is 158 Å². The molecular weight excluding hydrogens is 338 g/mol. The predicted molar refractivity (Wildman–Crippen MR) is 109 cm³/mol. The summed E-state index contributed by atoms with van der Waals surface area (Å²) in [6, 6.07) is 15.1. The van der Waals surface area contributed by atoms with Gasteiger partial charge in [-0.05, 0) is 56.6 Å². The van der Waals surface area contributed by atoms with Crippen LogP contribution in [0.15, 0.2) is 53.3 Å². The fourth-order valence-electron chi connectivity index (χ4n) is 4.16. The molecule has 1 aromatic heterocycles. The minimum absolute atomic E-state index is 0.0257. The summed E-state index contributed by atoms with van der Waals surface area (Å²) >= 11 is 0. The van der Waals surface area contributed by atoms with Gasteiger partial charge >= 0.3 is 0 Å². The first kappa shape index (κ1) is 17.7. The Morgan fingerprint density at radius 1 is 1.00 bits per heavy atom. The third-order valence-electron chi connectivity index (χ3n) is 5.63. The number of amides is 1. The summed E-state index contributed by atoms with van der Waals surface area (Å²) in [5.74, 6) is 0.768. The van der Waals surface area contributed by atoms with E-state index in [0.717, 1.165) is 43.5 Å². The Hall–Kier alpha value is -2.66. The van der Waals surface area contributed by atoms with Crippen molar-refractivity contribution < 1.29 is 4.79 Å². The highest BCUT2D eigenvalue weighted by molar-refractivity contribution is 5.94. The number of hydrogen-bond acceptors (Lipinski definition) is 3. The maximum absolute atomic E-state index is 13.0. The van der Waals surface area contributed by atoms with Crippen LogP contribution in [0.1, 0.15) is 12.8 Å². The van der Waals surface area contributed by atoms with E-state index >= 15 is 0 Å². The van der Waals surface area contributed by atoms with Crippen molar-refractivity contribution in [2.45, 2.75) is 19.4 Å². The minimum atomic E-state index is 0.0257. The molecule has 1 aliphatic rings. The number of para-hydroxylation sites is 2. The Kier molecular flexibility index (Phi) is 4.94. The zero-order valence-electron chi connectivity index (χ0n) is 15.6. The van der Waals surface area contributed by atoms with Crippen molar-refractivity contribution in [3.8, 4) is 0 Å². The SMILES string of the molecule is CNCC1CCN(C(=O)Cn2c3ccccc3c(=O)c3ccccc32)CC1. The molecule has 1 aliphatic heterocycles. The number of rotatable bonds is 4. The molecule has 0 radical (unpaired) electrons. The lowest BCUT2D eigenvalue weighted by molar-refractivity contribution is -0.133. The van der Waals surface area contributed by atoms with Gasteiger partial charge in [0.15, 0.2) is 5.43 Å². The van der Waals surface area contributed by atoms with Crippen LogP contribution in [-0.4, -0.2) is 42.1 Å². The van der Waals surface area contributed by atoms with Crippen molar-refractivity contribution in [2.24, 2.45) is 5.92 Å². The third kappa shape index (κ3) is 3.35. The maximum atomic E-state index is 13.0. The predicted octanol–water partition coefficient (Wildman–Crippen LogP) is 2.61. The van der Waals surface area contributed by atoms with Gasteiger partial charge in [0, 0.05) is 23.9 Å². The Balaban J connectivity index is 1.68. The number of carbonyl (C=O) groups is 1. The molecule has 3 aromatic rings. The highest BCUT2D eigenvalue weighted by Crippen LogP contribution is 2.21. The second-order valence-corrected chi connectivity index (χ2v) is 7.33. The number of benzene rings is 2. The molecule has 27 heavy (non-hydrogen) atoms. The van der Waals surface area contributed by atoms with Crippen LogP contribution in [0.25, 0.3) is 21.8 Å². The quantitative estimate of drug-likeness (QED) is 0.725. The van der Waals surface area contributed by atoms with E-state index in [4.69, 9.17) is 0 Å². The molecular formula is C22H25N3O2.